The van der Waals surface area contributed by atoms with Crippen LogP contribution < -0.4 is 14.8 Å². The summed E-state index contributed by atoms with van der Waals surface area (Å²) in [5, 5.41) is 16.7. The van der Waals surface area contributed by atoms with Gasteiger partial charge in [-0.15, -0.1) is 0 Å². The lowest BCUT2D eigenvalue weighted by molar-refractivity contribution is -0.128. The van der Waals surface area contributed by atoms with Crippen molar-refractivity contribution in [1.82, 2.24) is 5.32 Å². The van der Waals surface area contributed by atoms with Gasteiger partial charge in [-0.3, -0.25) is 4.79 Å². The second kappa shape index (κ2) is 15.3. The van der Waals surface area contributed by atoms with Gasteiger partial charge in [-0.25, -0.2) is 4.99 Å². The first-order valence-electron chi connectivity index (χ1n) is 14.9. The molecule has 236 valence electrons. The van der Waals surface area contributed by atoms with Crippen molar-refractivity contribution in [2.45, 2.75) is 30.9 Å². The van der Waals surface area contributed by atoms with E-state index in [0.717, 1.165) is 5.56 Å². The third-order valence-electron chi connectivity index (χ3n) is 7.64. The molecule has 1 aliphatic heterocycles. The molecule has 1 heterocycles. The normalized spacial score (nSPS) is 16.9. The molecule has 2 N–H and O–H groups in total. The summed E-state index contributed by atoms with van der Waals surface area (Å²) in [5.74, 6) is 1.17. The van der Waals surface area contributed by atoms with Gasteiger partial charge in [0.1, 0.15) is 11.5 Å². The molecule has 5 rings (SSSR count). The third kappa shape index (κ3) is 7.61. The average molecular weight is 640 g/mol. The van der Waals surface area contributed by atoms with E-state index < -0.39 is 11.6 Å². The van der Waals surface area contributed by atoms with Crippen LogP contribution in [0.3, 0.4) is 0 Å². The van der Waals surface area contributed by atoms with Gasteiger partial charge in [0.05, 0.1) is 13.7 Å². The topological polar surface area (TPSA) is 138 Å². The van der Waals surface area contributed by atoms with Crippen LogP contribution >= 0.6 is 11.6 Å². The van der Waals surface area contributed by atoms with Crippen LogP contribution in [0.25, 0.3) is 10.4 Å². The molecule has 0 spiro atoms. The van der Waals surface area contributed by atoms with Crippen molar-refractivity contribution in [3.05, 3.63) is 135 Å². The summed E-state index contributed by atoms with van der Waals surface area (Å²) >= 11 is 6.06. The number of hydrogen-bond donors (Lipinski definition) is 2. The molecule has 1 aliphatic rings. The molecule has 4 aromatic rings. The van der Waals surface area contributed by atoms with Crippen molar-refractivity contribution in [2.24, 2.45) is 10.1 Å². The number of carbonyl (C=O) groups is 1. The van der Waals surface area contributed by atoms with E-state index in [0.29, 0.717) is 64.9 Å². The van der Waals surface area contributed by atoms with Crippen molar-refractivity contribution in [2.75, 3.05) is 26.9 Å². The Bertz CT molecular complexity index is 1720. The Kier molecular flexibility index (Phi) is 10.8. The van der Waals surface area contributed by atoms with Crippen molar-refractivity contribution < 1.29 is 24.1 Å². The molecule has 11 heteroatoms. The molecule has 10 nitrogen and oxygen atoms in total. The Morgan fingerprint density at radius 2 is 1.85 bits per heavy atom. The van der Waals surface area contributed by atoms with E-state index in [1.807, 2.05) is 72.8 Å². The van der Waals surface area contributed by atoms with Crippen LogP contribution in [0.1, 0.15) is 34.8 Å². The summed E-state index contributed by atoms with van der Waals surface area (Å²) in [5.41, 5.74) is 11.2. The van der Waals surface area contributed by atoms with Gasteiger partial charge in [-0.05, 0) is 77.2 Å². The maximum absolute atomic E-state index is 14.5. The van der Waals surface area contributed by atoms with Crippen molar-refractivity contribution in [1.29, 1.82) is 0 Å². The number of methoxy groups -OCH3 is 1. The molecule has 0 radical (unpaired) electrons. The molecular formula is C35H34ClN5O5. The maximum atomic E-state index is 14.5. The zero-order chi connectivity index (χ0) is 32.4. The van der Waals surface area contributed by atoms with E-state index in [2.05, 4.69) is 15.3 Å². The van der Waals surface area contributed by atoms with Crippen LogP contribution in [-0.2, 0) is 22.4 Å². The molecule has 0 unspecified atom stereocenters. The van der Waals surface area contributed by atoms with Crippen LogP contribution in [0.5, 0.6) is 11.5 Å². The van der Waals surface area contributed by atoms with E-state index in [1.54, 1.807) is 31.4 Å². The molecule has 0 aromatic heterocycles. The van der Waals surface area contributed by atoms with Gasteiger partial charge in [0.2, 0.25) is 5.90 Å². The highest BCUT2D eigenvalue weighted by atomic mass is 35.5. The largest absolute Gasteiger partial charge is 0.497 e. The molecule has 46 heavy (non-hydrogen) atoms. The van der Waals surface area contributed by atoms with Crippen molar-refractivity contribution in [3.8, 4) is 11.5 Å². The number of ether oxygens (including phenoxy) is 3. The fourth-order valence-electron chi connectivity index (χ4n) is 5.31. The van der Waals surface area contributed by atoms with E-state index >= 15 is 0 Å². The van der Waals surface area contributed by atoms with Gasteiger partial charge in [0.25, 0.3) is 5.91 Å². The molecule has 0 aliphatic carbocycles. The lowest BCUT2D eigenvalue weighted by atomic mass is 9.81. The van der Waals surface area contributed by atoms with E-state index in [4.69, 9.17) is 35.9 Å². The van der Waals surface area contributed by atoms with Gasteiger partial charge in [-0.1, -0.05) is 65.2 Å². The zero-order valence-electron chi connectivity index (χ0n) is 25.3. The molecule has 4 aromatic carbocycles. The molecule has 0 fully saturated rings. The summed E-state index contributed by atoms with van der Waals surface area (Å²) in [6, 6.07) is 29.2. The van der Waals surface area contributed by atoms with Crippen LogP contribution in [-0.4, -0.2) is 49.3 Å². The Balaban J connectivity index is 1.57. The predicted molar refractivity (Wildman–Crippen MR) is 177 cm³/mol. The number of hydrogen-bond acceptors (Lipinski definition) is 7. The first-order valence-corrected chi connectivity index (χ1v) is 15.2. The molecule has 2 atom stereocenters. The minimum absolute atomic E-state index is 0.0427. The van der Waals surface area contributed by atoms with Crippen LogP contribution in [0, 0.1) is 0 Å². The molecular weight excluding hydrogens is 606 g/mol. The Labute approximate surface area is 272 Å². The van der Waals surface area contributed by atoms with Crippen molar-refractivity contribution in [3.63, 3.8) is 0 Å². The Morgan fingerprint density at radius 3 is 2.59 bits per heavy atom. The molecule has 0 bridgehead atoms. The highest BCUT2D eigenvalue weighted by Gasteiger charge is 2.53. The number of halogens is 1. The zero-order valence-corrected chi connectivity index (χ0v) is 26.1. The number of rotatable bonds is 14. The monoisotopic (exact) mass is 639 g/mol. The standard InChI is InChI=1S/C35H34ClN5O5/c1-44-30-8-4-7-26(22-30)32-35(23-27-6-2-3-9-31(27)40-41-37,34(43)38-19-18-24-10-14-28(36)15-11-24)39-33(46-32)25-12-16-29(17-13-25)45-21-5-20-42/h2-4,6-17,22,32,42H,5,18-21,23H2,1H3,(H,38,43)/t32-,35-/m1/s1. The van der Waals surface area contributed by atoms with Crippen LogP contribution in [0.2, 0.25) is 5.02 Å². The van der Waals surface area contributed by atoms with Crippen molar-refractivity contribution >= 4 is 29.1 Å². The van der Waals surface area contributed by atoms with Gasteiger partial charge in [0, 0.05) is 47.2 Å². The number of aliphatic hydroxyl groups is 1. The lowest BCUT2D eigenvalue weighted by Crippen LogP contribution is -2.50. The summed E-state index contributed by atoms with van der Waals surface area (Å²) in [7, 11) is 1.58. The molecule has 0 saturated heterocycles. The Morgan fingerprint density at radius 1 is 1.07 bits per heavy atom. The second-order valence-corrected chi connectivity index (χ2v) is 11.1. The van der Waals surface area contributed by atoms with Crippen LogP contribution in [0.4, 0.5) is 5.69 Å². The average Bonchev–Trinajstić information content (AvgIpc) is 3.47. The number of carbonyl (C=O) groups excluding carboxylic acids is 1. The minimum atomic E-state index is -1.49. The van der Waals surface area contributed by atoms with Gasteiger partial charge >= 0.3 is 0 Å². The third-order valence-corrected chi connectivity index (χ3v) is 7.89. The smallest absolute Gasteiger partial charge is 0.252 e. The number of amides is 1. The number of azide groups is 1. The second-order valence-electron chi connectivity index (χ2n) is 10.7. The van der Waals surface area contributed by atoms with Gasteiger partial charge in [0.15, 0.2) is 11.6 Å². The lowest BCUT2D eigenvalue weighted by Gasteiger charge is -2.31. The first kappa shape index (κ1) is 32.4. The van der Waals surface area contributed by atoms with Crippen LogP contribution in [0.15, 0.2) is 107 Å². The predicted octanol–water partition coefficient (Wildman–Crippen LogP) is 6.91. The van der Waals surface area contributed by atoms with E-state index in [1.165, 1.54) is 0 Å². The summed E-state index contributed by atoms with van der Waals surface area (Å²) < 4.78 is 17.8. The van der Waals surface area contributed by atoms with Gasteiger partial charge in [-0.2, -0.15) is 0 Å². The first-order chi connectivity index (χ1) is 22.5. The fraction of sp³-hybridized carbons (Fsp3) is 0.257. The molecule has 0 saturated carbocycles. The van der Waals surface area contributed by atoms with E-state index in [9.17, 15) is 10.3 Å². The minimum Gasteiger partial charge on any atom is -0.497 e. The highest BCUT2D eigenvalue weighted by molar-refractivity contribution is 6.30. The van der Waals surface area contributed by atoms with Gasteiger partial charge < -0.3 is 24.6 Å². The number of nitrogens with zero attached hydrogens (tertiary/aromatic N) is 4. The summed E-state index contributed by atoms with van der Waals surface area (Å²) in [6.07, 6.45) is 0.329. The Hall–Kier alpha value is -5.02. The number of aliphatic hydroxyl groups excluding tert-OH is 1. The summed E-state index contributed by atoms with van der Waals surface area (Å²) in [6.45, 7) is 0.770. The quantitative estimate of drug-likeness (QED) is 0.0668. The fourth-order valence-corrected chi connectivity index (χ4v) is 5.43. The number of nitrogens with one attached hydrogen (secondary N) is 1. The summed E-state index contributed by atoms with van der Waals surface area (Å²) in [4.78, 5) is 22.6. The molecule has 1 amide bonds. The highest BCUT2D eigenvalue weighted by Crippen LogP contribution is 2.44. The van der Waals surface area contributed by atoms with E-state index in [-0.39, 0.29) is 24.8 Å². The SMILES string of the molecule is COc1cccc([C@H]2OC(c3ccc(OCCCO)cc3)=N[C@@]2(Cc2ccccc2N=[N+]=[N-])C(=O)NCCc2ccc(Cl)cc2)c1. The number of benzene rings is 4. The maximum Gasteiger partial charge on any atom is 0.252 e. The number of aliphatic imine (C=N–C) groups is 1.